The van der Waals surface area contributed by atoms with Gasteiger partial charge >= 0.3 is 147 Å². The van der Waals surface area contributed by atoms with E-state index in [0.717, 1.165) is 34.2 Å². The Labute approximate surface area is 147 Å². The zero-order valence-corrected chi connectivity index (χ0v) is 15.9. The van der Waals surface area contributed by atoms with Gasteiger partial charge in [0, 0.05) is 0 Å². The fraction of sp³-hybridized carbons (Fsp3) is 0.438. The van der Waals surface area contributed by atoms with Gasteiger partial charge in [-0.25, -0.2) is 0 Å². The molecule has 119 valence electrons. The Kier molecular flexibility index (Phi) is 3.85. The molecule has 0 aliphatic heterocycles. The Morgan fingerprint density at radius 1 is 0.609 bits per heavy atom. The van der Waals surface area contributed by atoms with Crippen LogP contribution in [0.25, 0.3) is 0 Å². The molecule has 3 aromatic rings. The first-order valence-electron chi connectivity index (χ1n) is 7.59. The fourth-order valence-electron chi connectivity index (χ4n) is 3.69. The minimum atomic E-state index is -0.372. The van der Waals surface area contributed by atoms with Gasteiger partial charge < -0.3 is 0 Å². The Morgan fingerprint density at radius 3 is 1.04 bits per heavy atom. The van der Waals surface area contributed by atoms with E-state index in [1.807, 2.05) is 20.8 Å². The van der Waals surface area contributed by atoms with Gasteiger partial charge in [-0.05, 0) is 0 Å². The van der Waals surface area contributed by atoms with Gasteiger partial charge in [-0.2, -0.15) is 0 Å². The van der Waals surface area contributed by atoms with Crippen molar-refractivity contribution in [1.82, 2.24) is 30.6 Å². The zero-order chi connectivity index (χ0) is 16.9. The quantitative estimate of drug-likeness (QED) is 0.638. The van der Waals surface area contributed by atoms with Crippen molar-refractivity contribution in [2.24, 2.45) is 0 Å². The van der Waals surface area contributed by atoms with Gasteiger partial charge in [0.15, 0.2) is 0 Å². The average Bonchev–Trinajstić information content (AvgIpc) is 3.10. The summed E-state index contributed by atoms with van der Waals surface area (Å²) in [5, 5.41) is 22.7. The van der Waals surface area contributed by atoms with Gasteiger partial charge in [0.1, 0.15) is 0 Å². The average molecular weight is 345 g/mol. The number of hydrogen-bond donors (Lipinski definition) is 3. The van der Waals surface area contributed by atoms with Crippen LogP contribution in [0.3, 0.4) is 0 Å². The van der Waals surface area contributed by atoms with Gasteiger partial charge in [0.25, 0.3) is 0 Å². The second-order valence-electron chi connectivity index (χ2n) is 6.18. The minimum absolute atomic E-state index is 0.372. The first-order chi connectivity index (χ1) is 10.8. The van der Waals surface area contributed by atoms with E-state index in [9.17, 15) is 0 Å². The fourth-order valence-corrected chi connectivity index (χ4v) is 5.41. The summed E-state index contributed by atoms with van der Waals surface area (Å²) in [6.07, 6.45) is 0. The predicted molar refractivity (Wildman–Crippen MR) is 84.1 cm³/mol. The molecule has 3 N–H and O–H groups in total. The number of aryl methyl sites for hydroxylation is 6. The van der Waals surface area contributed by atoms with Gasteiger partial charge in [-0.1, -0.05) is 0 Å². The van der Waals surface area contributed by atoms with E-state index >= 15 is 0 Å². The Hall–Kier alpha value is -1.66. The topological polar surface area (TPSA) is 86.0 Å². The molecule has 0 aliphatic carbocycles. The third kappa shape index (κ3) is 2.24. The number of rotatable bonds is 3. The number of hydrogen-bond acceptors (Lipinski definition) is 3. The molecule has 0 aromatic carbocycles. The molecule has 0 unspecified atom stereocenters. The predicted octanol–water partition coefficient (Wildman–Crippen LogP) is 2.55. The Balaban J connectivity index is 2.45. The number of nitrogens with zero attached hydrogens (tertiary/aromatic N) is 3. The van der Waals surface area contributed by atoms with E-state index in [-0.39, 0.29) is 3.72 Å². The Bertz CT molecular complexity index is 698. The molecule has 0 radical (unpaired) electrons. The molecule has 0 spiro atoms. The van der Waals surface area contributed by atoms with Crippen LogP contribution < -0.4 is 0 Å². The third-order valence-corrected chi connectivity index (χ3v) is 5.68. The van der Waals surface area contributed by atoms with Crippen LogP contribution in [0, 0.1) is 41.5 Å². The first-order valence-corrected chi connectivity index (χ1v) is 8.37. The second-order valence-corrected chi connectivity index (χ2v) is 7.35. The van der Waals surface area contributed by atoms with Crippen molar-refractivity contribution in [1.29, 1.82) is 0 Å². The van der Waals surface area contributed by atoms with E-state index in [1.165, 1.54) is 16.7 Å². The molecule has 0 fully saturated rings. The summed E-state index contributed by atoms with van der Waals surface area (Å²) in [6, 6.07) is 0. The van der Waals surface area contributed by atoms with E-state index in [0.29, 0.717) is 0 Å². The maximum absolute atomic E-state index is 4.43. The molecule has 0 aliphatic rings. The van der Waals surface area contributed by atoms with Crippen LogP contribution in [0.5, 0.6) is 0 Å². The molecular weight excluding hydrogens is 324 g/mol. The zero-order valence-electron chi connectivity index (χ0n) is 14.3. The molecule has 0 atom stereocenters. The van der Waals surface area contributed by atoms with Crippen LogP contribution in [0.2, 0.25) is 0 Å². The molecule has 3 heterocycles. The Morgan fingerprint density at radius 2 is 0.870 bits per heavy atom. The summed E-state index contributed by atoms with van der Waals surface area (Å²) in [6.45, 7) is 12.4. The first kappa shape index (κ1) is 16.2. The molecule has 0 bridgehead atoms. The standard InChI is InChI=1S/C16H21N6.Ti/c1-7-13(8(2)18-17-7)16(14-9(3)19-20-10(14)4)15-11(5)21-22-12(15)6;/h1-6H3,(H,17,18)(H,19,20)(H,21,22);. The SMILES string of the molecule is Cc1n[nH]c(C)c1[C]([Ti])(c1c(C)n[nH]c1C)c1c(C)n[nH]c1C. The molecule has 23 heavy (non-hydrogen) atoms. The van der Waals surface area contributed by atoms with Crippen molar-refractivity contribution in [3.8, 4) is 0 Å². The van der Waals surface area contributed by atoms with Crippen molar-refractivity contribution in [2.75, 3.05) is 0 Å². The molecule has 0 amide bonds. The van der Waals surface area contributed by atoms with Crippen LogP contribution in [-0.2, 0) is 24.2 Å². The van der Waals surface area contributed by atoms with Crippen LogP contribution in [0.15, 0.2) is 0 Å². The summed E-state index contributed by atoms with van der Waals surface area (Å²) in [5.41, 5.74) is 9.81. The summed E-state index contributed by atoms with van der Waals surface area (Å²) in [4.78, 5) is 0. The van der Waals surface area contributed by atoms with E-state index in [1.54, 1.807) is 0 Å². The van der Waals surface area contributed by atoms with Crippen LogP contribution in [-0.4, -0.2) is 30.6 Å². The maximum atomic E-state index is 4.43. The van der Waals surface area contributed by atoms with Crippen LogP contribution in [0.4, 0.5) is 0 Å². The van der Waals surface area contributed by atoms with Crippen LogP contribution >= 0.6 is 0 Å². The van der Waals surface area contributed by atoms with Crippen molar-refractivity contribution >= 4 is 0 Å². The van der Waals surface area contributed by atoms with E-state index in [4.69, 9.17) is 0 Å². The van der Waals surface area contributed by atoms with Crippen LogP contribution in [0.1, 0.15) is 50.9 Å². The van der Waals surface area contributed by atoms with Crippen molar-refractivity contribution in [3.63, 3.8) is 0 Å². The monoisotopic (exact) mass is 345 g/mol. The van der Waals surface area contributed by atoms with Gasteiger partial charge in [-0.3, -0.25) is 0 Å². The van der Waals surface area contributed by atoms with Gasteiger partial charge in [-0.15, -0.1) is 0 Å². The summed E-state index contributed by atoms with van der Waals surface area (Å²) in [7, 11) is 0. The van der Waals surface area contributed by atoms with Crippen molar-refractivity contribution in [3.05, 3.63) is 50.9 Å². The van der Waals surface area contributed by atoms with Crippen molar-refractivity contribution in [2.45, 2.75) is 45.3 Å². The molecule has 6 nitrogen and oxygen atoms in total. The number of H-pyrrole nitrogens is 3. The normalized spacial score (nSPS) is 12.0. The number of nitrogens with one attached hydrogen (secondary N) is 3. The van der Waals surface area contributed by atoms with Gasteiger partial charge in [0.05, 0.1) is 0 Å². The molecule has 3 aromatic heterocycles. The second kappa shape index (κ2) is 5.46. The molecule has 3 rings (SSSR count). The number of aromatic nitrogens is 6. The van der Waals surface area contributed by atoms with E-state index < -0.39 is 0 Å². The summed E-state index contributed by atoms with van der Waals surface area (Å²) >= 11 is 2.24. The number of aromatic amines is 3. The summed E-state index contributed by atoms with van der Waals surface area (Å²) < 4.78 is -0.372. The molecule has 0 saturated carbocycles. The summed E-state index contributed by atoms with van der Waals surface area (Å²) in [5.74, 6) is 0. The molecular formula is C16H21N6Ti. The van der Waals surface area contributed by atoms with Gasteiger partial charge in [0.2, 0.25) is 0 Å². The molecule has 7 heteroatoms. The van der Waals surface area contributed by atoms with Crippen molar-refractivity contribution < 1.29 is 20.4 Å². The third-order valence-electron chi connectivity index (χ3n) is 4.51. The molecule has 0 saturated heterocycles. The van der Waals surface area contributed by atoms with E-state index in [2.05, 4.69) is 71.8 Å².